The SMILES string of the molecule is Nc1ccc(NCC2CCCN2)nc1. The Kier molecular flexibility index (Phi) is 2.84. The number of aromatic nitrogens is 1. The molecule has 4 nitrogen and oxygen atoms in total. The highest BCUT2D eigenvalue weighted by Gasteiger charge is 2.12. The minimum Gasteiger partial charge on any atom is -0.397 e. The number of nitrogens with one attached hydrogen (secondary N) is 2. The third-order valence-electron chi connectivity index (χ3n) is 2.48. The second-order valence-corrected chi connectivity index (χ2v) is 3.65. The van der Waals surface area contributed by atoms with Crippen LogP contribution in [0.3, 0.4) is 0 Å². The van der Waals surface area contributed by atoms with Crippen molar-refractivity contribution < 1.29 is 0 Å². The molecule has 2 heterocycles. The Hall–Kier alpha value is -1.29. The number of hydrogen-bond acceptors (Lipinski definition) is 4. The summed E-state index contributed by atoms with van der Waals surface area (Å²) in [6.07, 6.45) is 4.20. The highest BCUT2D eigenvalue weighted by Crippen LogP contribution is 2.08. The molecule has 14 heavy (non-hydrogen) atoms. The number of nitrogen functional groups attached to an aromatic ring is 1. The molecule has 4 N–H and O–H groups in total. The Bertz CT molecular complexity index is 277. The van der Waals surface area contributed by atoms with Gasteiger partial charge in [-0.15, -0.1) is 0 Å². The maximum absolute atomic E-state index is 5.54. The molecule has 0 saturated carbocycles. The van der Waals surface area contributed by atoms with Gasteiger partial charge in [-0.25, -0.2) is 4.98 Å². The first-order valence-corrected chi connectivity index (χ1v) is 5.03. The first-order valence-electron chi connectivity index (χ1n) is 5.03. The molecule has 1 aliphatic rings. The zero-order valence-corrected chi connectivity index (χ0v) is 8.16. The molecular weight excluding hydrogens is 176 g/mol. The van der Waals surface area contributed by atoms with Gasteiger partial charge in [0.2, 0.25) is 0 Å². The molecular formula is C10H16N4. The standard InChI is InChI=1S/C10H16N4/c11-8-3-4-10(13-6-8)14-7-9-2-1-5-12-9/h3-4,6,9,12H,1-2,5,7,11H2,(H,13,14). The number of rotatable bonds is 3. The molecule has 1 aliphatic heterocycles. The molecule has 1 aromatic heterocycles. The molecule has 76 valence electrons. The molecule has 0 spiro atoms. The van der Waals surface area contributed by atoms with E-state index in [4.69, 9.17) is 5.73 Å². The zero-order chi connectivity index (χ0) is 9.80. The Morgan fingerprint density at radius 1 is 1.57 bits per heavy atom. The first-order chi connectivity index (χ1) is 6.84. The minimum absolute atomic E-state index is 0.592. The van der Waals surface area contributed by atoms with Crippen LogP contribution < -0.4 is 16.4 Å². The van der Waals surface area contributed by atoms with Crippen molar-refractivity contribution in [1.29, 1.82) is 0 Å². The smallest absolute Gasteiger partial charge is 0.126 e. The van der Waals surface area contributed by atoms with Crippen molar-refractivity contribution in [2.24, 2.45) is 0 Å². The molecule has 0 amide bonds. The van der Waals surface area contributed by atoms with E-state index in [0.29, 0.717) is 11.7 Å². The average molecular weight is 192 g/mol. The van der Waals surface area contributed by atoms with Crippen molar-refractivity contribution in [3.05, 3.63) is 18.3 Å². The van der Waals surface area contributed by atoms with Crippen molar-refractivity contribution in [3.8, 4) is 0 Å². The zero-order valence-electron chi connectivity index (χ0n) is 8.16. The van der Waals surface area contributed by atoms with Crippen LogP contribution in [0, 0.1) is 0 Å². The fourth-order valence-electron chi connectivity index (χ4n) is 1.67. The van der Waals surface area contributed by atoms with Crippen molar-refractivity contribution in [2.45, 2.75) is 18.9 Å². The third kappa shape index (κ3) is 2.35. The second-order valence-electron chi connectivity index (χ2n) is 3.65. The topological polar surface area (TPSA) is 63.0 Å². The van der Waals surface area contributed by atoms with E-state index in [1.54, 1.807) is 6.20 Å². The molecule has 1 aromatic rings. The fourth-order valence-corrected chi connectivity index (χ4v) is 1.67. The van der Waals surface area contributed by atoms with Crippen molar-refractivity contribution >= 4 is 11.5 Å². The van der Waals surface area contributed by atoms with Crippen LogP contribution in [0.25, 0.3) is 0 Å². The van der Waals surface area contributed by atoms with E-state index in [1.165, 1.54) is 12.8 Å². The van der Waals surface area contributed by atoms with E-state index in [9.17, 15) is 0 Å². The van der Waals surface area contributed by atoms with Gasteiger partial charge in [-0.05, 0) is 31.5 Å². The van der Waals surface area contributed by atoms with Crippen molar-refractivity contribution in [2.75, 3.05) is 24.1 Å². The Labute approximate surface area is 83.9 Å². The van der Waals surface area contributed by atoms with Crippen LogP contribution >= 0.6 is 0 Å². The van der Waals surface area contributed by atoms with Crippen LogP contribution in [0.5, 0.6) is 0 Å². The molecule has 1 atom stereocenters. The summed E-state index contributed by atoms with van der Waals surface area (Å²) in [6, 6.07) is 4.36. The molecule has 0 aliphatic carbocycles. The Morgan fingerprint density at radius 2 is 2.50 bits per heavy atom. The summed E-state index contributed by atoms with van der Waals surface area (Å²) in [5, 5.41) is 6.71. The first kappa shape index (κ1) is 9.27. The van der Waals surface area contributed by atoms with Crippen molar-refractivity contribution in [1.82, 2.24) is 10.3 Å². The van der Waals surface area contributed by atoms with Gasteiger partial charge in [0.1, 0.15) is 5.82 Å². The van der Waals surface area contributed by atoms with Gasteiger partial charge in [-0.3, -0.25) is 0 Å². The highest BCUT2D eigenvalue weighted by molar-refractivity contribution is 5.43. The average Bonchev–Trinajstić information content (AvgIpc) is 2.70. The lowest BCUT2D eigenvalue weighted by molar-refractivity contribution is 0.632. The van der Waals surface area contributed by atoms with Gasteiger partial charge in [0, 0.05) is 12.6 Å². The van der Waals surface area contributed by atoms with Crippen LogP contribution in [0.1, 0.15) is 12.8 Å². The van der Waals surface area contributed by atoms with E-state index >= 15 is 0 Å². The highest BCUT2D eigenvalue weighted by atomic mass is 15.0. The molecule has 4 heteroatoms. The van der Waals surface area contributed by atoms with Crippen LogP contribution in [0.2, 0.25) is 0 Å². The lowest BCUT2D eigenvalue weighted by Gasteiger charge is -2.11. The lowest BCUT2D eigenvalue weighted by Crippen LogP contribution is -2.29. The van der Waals surface area contributed by atoms with Gasteiger partial charge in [-0.1, -0.05) is 0 Å². The fraction of sp³-hybridized carbons (Fsp3) is 0.500. The summed E-state index contributed by atoms with van der Waals surface area (Å²) in [7, 11) is 0. The predicted molar refractivity (Wildman–Crippen MR) is 58.2 cm³/mol. The van der Waals surface area contributed by atoms with Crippen LogP contribution in [-0.2, 0) is 0 Å². The normalized spacial score (nSPS) is 21.0. The van der Waals surface area contributed by atoms with Gasteiger partial charge in [-0.2, -0.15) is 0 Å². The summed E-state index contributed by atoms with van der Waals surface area (Å²) >= 11 is 0. The molecule has 2 rings (SSSR count). The van der Waals surface area contributed by atoms with E-state index in [0.717, 1.165) is 18.9 Å². The minimum atomic E-state index is 0.592. The molecule has 0 aromatic carbocycles. The summed E-state index contributed by atoms with van der Waals surface area (Å²) in [5.41, 5.74) is 6.25. The lowest BCUT2D eigenvalue weighted by atomic mass is 10.2. The van der Waals surface area contributed by atoms with E-state index < -0.39 is 0 Å². The van der Waals surface area contributed by atoms with Gasteiger partial charge >= 0.3 is 0 Å². The van der Waals surface area contributed by atoms with Gasteiger partial charge in [0.15, 0.2) is 0 Å². The number of nitrogens with zero attached hydrogens (tertiary/aromatic N) is 1. The summed E-state index contributed by atoms with van der Waals surface area (Å²) in [5.74, 6) is 0.896. The molecule has 0 bridgehead atoms. The van der Waals surface area contributed by atoms with Gasteiger partial charge in [0.25, 0.3) is 0 Å². The van der Waals surface area contributed by atoms with Gasteiger partial charge in [0.05, 0.1) is 11.9 Å². The maximum atomic E-state index is 5.54. The van der Waals surface area contributed by atoms with E-state index in [-0.39, 0.29) is 0 Å². The molecule has 1 unspecified atom stereocenters. The predicted octanol–water partition coefficient (Wildman–Crippen LogP) is 0.828. The van der Waals surface area contributed by atoms with Crippen molar-refractivity contribution in [3.63, 3.8) is 0 Å². The number of nitrogens with two attached hydrogens (primary N) is 1. The summed E-state index contributed by atoms with van der Waals surface area (Å²) in [4.78, 5) is 4.18. The molecule has 1 fully saturated rings. The monoisotopic (exact) mass is 192 g/mol. The summed E-state index contributed by atoms with van der Waals surface area (Å²) in [6.45, 7) is 2.08. The third-order valence-corrected chi connectivity index (χ3v) is 2.48. The number of anilines is 2. The van der Waals surface area contributed by atoms with Gasteiger partial charge < -0.3 is 16.4 Å². The second kappa shape index (κ2) is 4.28. The molecule has 1 saturated heterocycles. The van der Waals surface area contributed by atoms with E-state index in [1.807, 2.05) is 12.1 Å². The maximum Gasteiger partial charge on any atom is 0.126 e. The van der Waals surface area contributed by atoms with Crippen LogP contribution in [0.4, 0.5) is 11.5 Å². The van der Waals surface area contributed by atoms with Crippen LogP contribution in [0.15, 0.2) is 18.3 Å². The summed E-state index contributed by atoms with van der Waals surface area (Å²) < 4.78 is 0. The number of hydrogen-bond donors (Lipinski definition) is 3. The molecule has 0 radical (unpaired) electrons. The van der Waals surface area contributed by atoms with Crippen LogP contribution in [-0.4, -0.2) is 24.1 Å². The largest absolute Gasteiger partial charge is 0.397 e. The van der Waals surface area contributed by atoms with E-state index in [2.05, 4.69) is 15.6 Å². The number of pyridine rings is 1. The Balaban J connectivity index is 1.82. The Morgan fingerprint density at radius 3 is 3.14 bits per heavy atom. The quantitative estimate of drug-likeness (QED) is 0.663.